The summed E-state index contributed by atoms with van der Waals surface area (Å²) in [7, 11) is 0. The predicted octanol–water partition coefficient (Wildman–Crippen LogP) is -0.366. The molecule has 0 aromatic carbocycles. The maximum Gasteiger partial charge on any atom is 0.329 e. The average molecular weight is 244 g/mol. The third-order valence-corrected chi connectivity index (χ3v) is 1.26. The van der Waals surface area contributed by atoms with Crippen molar-refractivity contribution in [2.45, 2.75) is 11.0 Å². The molecule has 86 valence electrons. The highest BCUT2D eigenvalue weighted by molar-refractivity contribution is 8.01. The SMILES string of the molecule is CC(S)(S)C(=O)O.OCCOCCO. The van der Waals surface area contributed by atoms with E-state index in [-0.39, 0.29) is 13.2 Å². The quantitative estimate of drug-likeness (QED) is 0.259. The van der Waals surface area contributed by atoms with Crippen LogP contribution in [0.25, 0.3) is 0 Å². The van der Waals surface area contributed by atoms with E-state index >= 15 is 0 Å². The first kappa shape index (κ1) is 16.5. The van der Waals surface area contributed by atoms with Crippen molar-refractivity contribution < 1.29 is 24.9 Å². The number of hydrogen-bond acceptors (Lipinski definition) is 6. The second-order valence-corrected chi connectivity index (χ2v) is 4.53. The number of carbonyl (C=O) groups is 1. The van der Waals surface area contributed by atoms with Crippen molar-refractivity contribution >= 4 is 31.2 Å². The fourth-order valence-electron chi connectivity index (χ4n) is 0.231. The molecule has 0 heterocycles. The van der Waals surface area contributed by atoms with E-state index < -0.39 is 10.0 Å². The molecule has 0 unspecified atom stereocenters. The number of aliphatic carboxylic acids is 1. The van der Waals surface area contributed by atoms with Crippen molar-refractivity contribution in [1.82, 2.24) is 0 Å². The van der Waals surface area contributed by atoms with Crippen LogP contribution in [0.5, 0.6) is 0 Å². The molecule has 0 saturated carbocycles. The largest absolute Gasteiger partial charge is 0.480 e. The molecule has 0 spiro atoms. The minimum absolute atomic E-state index is 0.0278. The molecule has 0 rings (SSSR count). The molecule has 0 bridgehead atoms. The van der Waals surface area contributed by atoms with Gasteiger partial charge in [0, 0.05) is 0 Å². The van der Waals surface area contributed by atoms with Gasteiger partial charge in [-0.05, 0) is 6.92 Å². The van der Waals surface area contributed by atoms with Crippen LogP contribution in [0.3, 0.4) is 0 Å². The van der Waals surface area contributed by atoms with Gasteiger partial charge in [-0.25, -0.2) is 4.79 Å². The average Bonchev–Trinajstić information content (AvgIpc) is 2.05. The van der Waals surface area contributed by atoms with E-state index in [0.717, 1.165) is 0 Å². The minimum atomic E-state index is -1.19. The van der Waals surface area contributed by atoms with Crippen LogP contribution in [0.15, 0.2) is 0 Å². The Morgan fingerprint density at radius 2 is 1.57 bits per heavy atom. The topological polar surface area (TPSA) is 87.0 Å². The first-order valence-corrected chi connectivity index (χ1v) is 4.73. The Morgan fingerprint density at radius 3 is 1.71 bits per heavy atom. The Labute approximate surface area is 93.9 Å². The molecule has 0 saturated heterocycles. The monoisotopic (exact) mass is 244 g/mol. The number of carboxylic acids is 1. The fraction of sp³-hybridized carbons (Fsp3) is 0.857. The first-order chi connectivity index (χ1) is 6.36. The molecule has 0 fully saturated rings. The molecule has 0 amide bonds. The normalized spacial score (nSPS) is 10.4. The van der Waals surface area contributed by atoms with E-state index in [1.165, 1.54) is 6.92 Å². The summed E-state index contributed by atoms with van der Waals surface area (Å²) < 4.78 is 3.44. The van der Waals surface area contributed by atoms with Crippen molar-refractivity contribution in [3.63, 3.8) is 0 Å². The Balaban J connectivity index is 0. The van der Waals surface area contributed by atoms with Crippen LogP contribution < -0.4 is 0 Å². The second-order valence-electron chi connectivity index (χ2n) is 2.39. The summed E-state index contributed by atoms with van der Waals surface area (Å²) in [5.74, 6) is -1.03. The number of carboxylic acid groups (broad SMARTS) is 1. The number of ether oxygens (including phenoxy) is 1. The summed E-state index contributed by atoms with van der Waals surface area (Å²) in [6.45, 7) is 2.09. The molecule has 5 nitrogen and oxygen atoms in total. The summed E-state index contributed by atoms with van der Waals surface area (Å²) in [6.07, 6.45) is 0. The van der Waals surface area contributed by atoms with Gasteiger partial charge in [0.05, 0.1) is 26.4 Å². The smallest absolute Gasteiger partial charge is 0.329 e. The Hall–Kier alpha value is 0.0500. The number of aliphatic hydroxyl groups excluding tert-OH is 2. The molecular weight excluding hydrogens is 228 g/mol. The van der Waals surface area contributed by atoms with Crippen molar-refractivity contribution in [2.75, 3.05) is 26.4 Å². The van der Waals surface area contributed by atoms with Crippen molar-refractivity contribution in [3.8, 4) is 0 Å². The molecule has 3 N–H and O–H groups in total. The third kappa shape index (κ3) is 14.6. The van der Waals surface area contributed by atoms with Gasteiger partial charge in [0.15, 0.2) is 0 Å². The van der Waals surface area contributed by atoms with E-state index in [1.54, 1.807) is 0 Å². The van der Waals surface area contributed by atoms with E-state index in [0.29, 0.717) is 13.2 Å². The lowest BCUT2D eigenvalue weighted by Gasteiger charge is -2.06. The van der Waals surface area contributed by atoms with Crippen LogP contribution in [0.1, 0.15) is 6.92 Å². The zero-order chi connectivity index (χ0) is 11.6. The standard InChI is InChI=1S/C4H10O3.C3H6O2S2/c5-1-3-7-4-2-6;1-3(6,7)2(4)5/h5-6H,1-4H2;6-7H,1H3,(H,4,5). The molecule has 7 heteroatoms. The van der Waals surface area contributed by atoms with Crippen LogP contribution in [-0.4, -0.2) is 51.8 Å². The van der Waals surface area contributed by atoms with Gasteiger partial charge in [0.25, 0.3) is 0 Å². The third-order valence-electron chi connectivity index (χ3n) is 0.876. The fourth-order valence-corrected chi connectivity index (χ4v) is 0.231. The molecule has 0 radical (unpaired) electrons. The zero-order valence-electron chi connectivity index (χ0n) is 7.88. The van der Waals surface area contributed by atoms with E-state index in [2.05, 4.69) is 30.0 Å². The lowest BCUT2D eigenvalue weighted by molar-refractivity contribution is -0.136. The predicted molar refractivity (Wildman–Crippen MR) is 59.0 cm³/mol. The summed E-state index contributed by atoms with van der Waals surface area (Å²) >= 11 is 7.23. The summed E-state index contributed by atoms with van der Waals surface area (Å²) in [6, 6.07) is 0. The Kier molecular flexibility index (Phi) is 11.3. The van der Waals surface area contributed by atoms with Gasteiger partial charge in [-0.2, -0.15) is 25.3 Å². The van der Waals surface area contributed by atoms with Crippen LogP contribution in [0.2, 0.25) is 0 Å². The number of rotatable bonds is 5. The van der Waals surface area contributed by atoms with Crippen LogP contribution in [0, 0.1) is 0 Å². The molecule has 0 aliphatic carbocycles. The molecule has 0 aliphatic rings. The lowest BCUT2D eigenvalue weighted by Crippen LogP contribution is -2.20. The van der Waals surface area contributed by atoms with Crippen LogP contribution >= 0.6 is 25.3 Å². The van der Waals surface area contributed by atoms with Gasteiger partial charge in [0.2, 0.25) is 0 Å². The molecular formula is C7H16O5S2. The van der Waals surface area contributed by atoms with Crippen molar-refractivity contribution in [3.05, 3.63) is 0 Å². The zero-order valence-corrected chi connectivity index (χ0v) is 9.67. The number of thiol groups is 2. The van der Waals surface area contributed by atoms with E-state index in [1.807, 2.05) is 0 Å². The van der Waals surface area contributed by atoms with E-state index in [9.17, 15) is 4.79 Å². The van der Waals surface area contributed by atoms with Crippen LogP contribution in [0.4, 0.5) is 0 Å². The lowest BCUT2D eigenvalue weighted by atomic mass is 10.5. The minimum Gasteiger partial charge on any atom is -0.480 e. The maximum atomic E-state index is 9.87. The van der Waals surface area contributed by atoms with Gasteiger partial charge in [-0.15, -0.1) is 0 Å². The van der Waals surface area contributed by atoms with Gasteiger partial charge >= 0.3 is 5.97 Å². The van der Waals surface area contributed by atoms with Crippen molar-refractivity contribution in [2.24, 2.45) is 0 Å². The van der Waals surface area contributed by atoms with Crippen molar-refractivity contribution in [1.29, 1.82) is 0 Å². The van der Waals surface area contributed by atoms with Crippen LogP contribution in [-0.2, 0) is 9.53 Å². The Morgan fingerprint density at radius 1 is 1.29 bits per heavy atom. The van der Waals surface area contributed by atoms with Gasteiger partial charge in [-0.3, -0.25) is 0 Å². The highest BCUT2D eigenvalue weighted by Gasteiger charge is 2.21. The summed E-state index contributed by atoms with van der Waals surface area (Å²) in [5, 5.41) is 24.3. The molecule has 0 atom stereocenters. The maximum absolute atomic E-state index is 9.87. The number of hydrogen-bond donors (Lipinski definition) is 5. The summed E-state index contributed by atoms with van der Waals surface area (Å²) in [5.41, 5.74) is 0. The number of aliphatic hydroxyl groups is 2. The molecule has 0 aromatic heterocycles. The van der Waals surface area contributed by atoms with Gasteiger partial charge < -0.3 is 20.1 Å². The molecule has 0 aliphatic heterocycles. The van der Waals surface area contributed by atoms with Gasteiger partial charge in [-0.1, -0.05) is 0 Å². The van der Waals surface area contributed by atoms with E-state index in [4.69, 9.17) is 15.3 Å². The highest BCUT2D eigenvalue weighted by atomic mass is 32.2. The first-order valence-electron chi connectivity index (χ1n) is 3.83. The second kappa shape index (κ2) is 9.60. The Bertz CT molecular complexity index is 142. The summed E-state index contributed by atoms with van der Waals surface area (Å²) in [4.78, 5) is 9.87. The van der Waals surface area contributed by atoms with Gasteiger partial charge in [0.1, 0.15) is 4.08 Å². The molecule has 0 aromatic rings. The highest BCUT2D eigenvalue weighted by Crippen LogP contribution is 2.16. The molecule has 14 heavy (non-hydrogen) atoms.